The average Bonchev–Trinajstić information content (AvgIpc) is 3.10. The van der Waals surface area contributed by atoms with Crippen molar-refractivity contribution in [3.8, 4) is 22.5 Å². The zero-order chi connectivity index (χ0) is 17.9. The lowest BCUT2D eigenvalue weighted by Gasteiger charge is -2.07. The van der Waals surface area contributed by atoms with Crippen LogP contribution in [0.25, 0.3) is 22.5 Å². The molecule has 0 amide bonds. The number of benzene rings is 2. The molecule has 0 aliphatic carbocycles. The van der Waals surface area contributed by atoms with Gasteiger partial charge in [0.25, 0.3) is 0 Å². The van der Waals surface area contributed by atoms with Gasteiger partial charge in [-0.3, -0.25) is 0 Å². The minimum absolute atomic E-state index is 0.267. The summed E-state index contributed by atoms with van der Waals surface area (Å²) >= 11 is 1.64. The summed E-state index contributed by atoms with van der Waals surface area (Å²) in [7, 11) is 0. The summed E-state index contributed by atoms with van der Waals surface area (Å²) in [6.45, 7) is 2.00. The second kappa shape index (κ2) is 7.01. The molecule has 6 heteroatoms. The van der Waals surface area contributed by atoms with Crippen molar-refractivity contribution in [2.75, 3.05) is 5.32 Å². The lowest BCUT2D eigenvalue weighted by Crippen LogP contribution is -1.96. The normalized spacial score (nSPS) is 10.7. The number of hydrogen-bond donors (Lipinski definition) is 1. The highest BCUT2D eigenvalue weighted by atomic mass is 32.1. The number of nitrogens with zero attached hydrogens (tertiary/aromatic N) is 3. The van der Waals surface area contributed by atoms with Crippen molar-refractivity contribution in [1.82, 2.24) is 15.2 Å². The number of hydrogen-bond acceptors (Lipinski definition) is 5. The van der Waals surface area contributed by atoms with Crippen LogP contribution >= 0.6 is 11.3 Å². The molecule has 128 valence electrons. The first-order valence-electron chi connectivity index (χ1n) is 8.07. The Bertz CT molecular complexity index is 1010. The summed E-state index contributed by atoms with van der Waals surface area (Å²) in [6, 6.07) is 17.9. The van der Waals surface area contributed by atoms with Crippen LogP contribution in [0.4, 0.5) is 15.9 Å². The van der Waals surface area contributed by atoms with E-state index < -0.39 is 0 Å². The van der Waals surface area contributed by atoms with Crippen LogP contribution in [0.1, 0.15) is 5.01 Å². The molecule has 2 aromatic heterocycles. The average molecular weight is 362 g/mol. The predicted molar refractivity (Wildman–Crippen MR) is 103 cm³/mol. The molecule has 0 bridgehead atoms. The third-order valence-corrected chi connectivity index (χ3v) is 4.65. The van der Waals surface area contributed by atoms with Crippen LogP contribution in [0, 0.1) is 12.7 Å². The van der Waals surface area contributed by atoms with Gasteiger partial charge in [-0.25, -0.2) is 9.37 Å². The molecule has 4 aromatic rings. The number of aryl methyl sites for hydroxylation is 1. The van der Waals surface area contributed by atoms with E-state index in [2.05, 4.69) is 25.9 Å². The predicted octanol–water partition coefficient (Wildman–Crippen LogP) is 5.46. The van der Waals surface area contributed by atoms with Crippen molar-refractivity contribution in [1.29, 1.82) is 0 Å². The molecule has 26 heavy (non-hydrogen) atoms. The maximum Gasteiger partial charge on any atom is 0.153 e. The second-order valence-corrected chi connectivity index (χ2v) is 6.83. The number of halogens is 1. The molecule has 0 spiro atoms. The quantitative estimate of drug-likeness (QED) is 0.524. The van der Waals surface area contributed by atoms with E-state index in [0.717, 1.165) is 27.5 Å². The Morgan fingerprint density at radius 1 is 0.808 bits per heavy atom. The Morgan fingerprint density at radius 2 is 1.50 bits per heavy atom. The molecule has 0 saturated carbocycles. The van der Waals surface area contributed by atoms with E-state index in [9.17, 15) is 4.39 Å². The third-order valence-electron chi connectivity index (χ3n) is 3.88. The highest BCUT2D eigenvalue weighted by Crippen LogP contribution is 2.24. The number of rotatable bonds is 4. The zero-order valence-electron chi connectivity index (χ0n) is 14.0. The molecule has 0 aliphatic rings. The van der Waals surface area contributed by atoms with E-state index in [4.69, 9.17) is 0 Å². The fraction of sp³-hybridized carbons (Fsp3) is 0.0500. The zero-order valence-corrected chi connectivity index (χ0v) is 14.8. The number of thiazole rings is 1. The summed E-state index contributed by atoms with van der Waals surface area (Å²) in [4.78, 5) is 4.49. The van der Waals surface area contributed by atoms with E-state index in [-0.39, 0.29) is 5.82 Å². The van der Waals surface area contributed by atoms with Crippen LogP contribution in [-0.4, -0.2) is 15.2 Å². The van der Waals surface area contributed by atoms with Gasteiger partial charge in [0.1, 0.15) is 5.82 Å². The third kappa shape index (κ3) is 3.60. The molecule has 0 aliphatic heterocycles. The minimum Gasteiger partial charge on any atom is -0.339 e. The first kappa shape index (κ1) is 16.4. The molecule has 0 saturated heterocycles. The Kier molecular flexibility index (Phi) is 4.41. The molecule has 4 rings (SSSR count). The van der Waals surface area contributed by atoms with Crippen LogP contribution in [0.5, 0.6) is 0 Å². The lowest BCUT2D eigenvalue weighted by atomic mass is 10.1. The fourth-order valence-electron chi connectivity index (χ4n) is 2.54. The molecule has 0 fully saturated rings. The van der Waals surface area contributed by atoms with Gasteiger partial charge in [-0.2, -0.15) is 0 Å². The van der Waals surface area contributed by atoms with E-state index in [1.54, 1.807) is 23.5 Å². The van der Waals surface area contributed by atoms with Crippen molar-refractivity contribution in [3.05, 3.63) is 76.9 Å². The molecular weight excluding hydrogens is 347 g/mol. The Hall–Kier alpha value is -3.12. The summed E-state index contributed by atoms with van der Waals surface area (Å²) in [6.07, 6.45) is 0. The van der Waals surface area contributed by atoms with Crippen molar-refractivity contribution in [2.45, 2.75) is 6.92 Å². The topological polar surface area (TPSA) is 50.7 Å². The van der Waals surface area contributed by atoms with E-state index >= 15 is 0 Å². The van der Waals surface area contributed by atoms with Gasteiger partial charge >= 0.3 is 0 Å². The van der Waals surface area contributed by atoms with Gasteiger partial charge in [0, 0.05) is 22.2 Å². The summed E-state index contributed by atoms with van der Waals surface area (Å²) < 4.78 is 13.0. The molecular formula is C20H15FN4S. The maximum absolute atomic E-state index is 13.0. The summed E-state index contributed by atoms with van der Waals surface area (Å²) in [5.74, 6) is 0.379. The standard InChI is InChI=1S/C20H15FN4S/c1-13-22-19(12-26-13)15-4-8-17(9-5-15)23-20-11-10-18(24-25-20)14-2-6-16(21)7-3-14/h2-12H,1H3,(H,23,25). The molecule has 0 radical (unpaired) electrons. The van der Waals surface area contributed by atoms with Crippen molar-refractivity contribution < 1.29 is 4.39 Å². The van der Waals surface area contributed by atoms with Gasteiger partial charge in [0.2, 0.25) is 0 Å². The molecule has 0 unspecified atom stereocenters. The Balaban J connectivity index is 1.48. The molecule has 2 aromatic carbocycles. The van der Waals surface area contributed by atoms with Gasteiger partial charge in [-0.1, -0.05) is 12.1 Å². The Morgan fingerprint density at radius 3 is 2.12 bits per heavy atom. The number of anilines is 2. The number of nitrogens with one attached hydrogen (secondary N) is 1. The Labute approximate surface area is 154 Å². The first-order chi connectivity index (χ1) is 12.7. The second-order valence-electron chi connectivity index (χ2n) is 5.76. The van der Waals surface area contributed by atoms with Crippen molar-refractivity contribution in [2.24, 2.45) is 0 Å². The SMILES string of the molecule is Cc1nc(-c2ccc(Nc3ccc(-c4ccc(F)cc4)nn3)cc2)cs1. The minimum atomic E-state index is -0.267. The largest absolute Gasteiger partial charge is 0.339 e. The van der Waals surface area contributed by atoms with Crippen LogP contribution in [0.2, 0.25) is 0 Å². The molecule has 1 N–H and O–H groups in total. The smallest absolute Gasteiger partial charge is 0.153 e. The van der Waals surface area contributed by atoms with E-state index in [0.29, 0.717) is 11.5 Å². The molecule has 0 atom stereocenters. The maximum atomic E-state index is 13.0. The lowest BCUT2D eigenvalue weighted by molar-refractivity contribution is 0.628. The molecule has 4 nitrogen and oxygen atoms in total. The van der Waals surface area contributed by atoms with E-state index in [1.165, 1.54) is 12.1 Å². The van der Waals surface area contributed by atoms with Crippen LogP contribution in [0.3, 0.4) is 0 Å². The van der Waals surface area contributed by atoms with Crippen LogP contribution in [-0.2, 0) is 0 Å². The highest BCUT2D eigenvalue weighted by Gasteiger charge is 2.04. The van der Waals surface area contributed by atoms with Gasteiger partial charge in [-0.05, 0) is 55.5 Å². The monoisotopic (exact) mass is 362 g/mol. The van der Waals surface area contributed by atoms with Gasteiger partial charge in [0.15, 0.2) is 5.82 Å². The van der Waals surface area contributed by atoms with Crippen molar-refractivity contribution in [3.63, 3.8) is 0 Å². The first-order valence-corrected chi connectivity index (χ1v) is 8.94. The van der Waals surface area contributed by atoms with Gasteiger partial charge < -0.3 is 5.32 Å². The van der Waals surface area contributed by atoms with Crippen LogP contribution < -0.4 is 5.32 Å². The van der Waals surface area contributed by atoms with Crippen molar-refractivity contribution >= 4 is 22.8 Å². The summed E-state index contributed by atoms with van der Waals surface area (Å²) in [5, 5.41) is 14.7. The van der Waals surface area contributed by atoms with Gasteiger partial charge in [-0.15, -0.1) is 21.5 Å². The summed E-state index contributed by atoms with van der Waals surface area (Å²) in [5.41, 5.74) is 4.52. The highest BCUT2D eigenvalue weighted by molar-refractivity contribution is 7.09. The fourth-order valence-corrected chi connectivity index (χ4v) is 3.16. The van der Waals surface area contributed by atoms with Gasteiger partial charge in [0.05, 0.1) is 16.4 Å². The molecule has 2 heterocycles. The van der Waals surface area contributed by atoms with Crippen LogP contribution in [0.15, 0.2) is 66.0 Å². The number of aromatic nitrogens is 3. The van der Waals surface area contributed by atoms with E-state index in [1.807, 2.05) is 43.3 Å².